The summed E-state index contributed by atoms with van der Waals surface area (Å²) in [6.45, 7) is 13.7. The Morgan fingerprint density at radius 2 is 0.935 bits per heavy atom. The van der Waals surface area contributed by atoms with Gasteiger partial charge in [0.15, 0.2) is 0 Å². The largest absolute Gasteiger partial charge is 0.310 e. The van der Waals surface area contributed by atoms with Crippen molar-refractivity contribution < 1.29 is 0 Å². The molecule has 298 valence electrons. The van der Waals surface area contributed by atoms with Gasteiger partial charge in [-0.05, 0) is 148 Å². The van der Waals surface area contributed by atoms with Gasteiger partial charge in [0.25, 0.3) is 0 Å². The predicted molar refractivity (Wildman–Crippen MR) is 269 cm³/mol. The monoisotopic (exact) mass is 814 g/mol. The highest BCUT2D eigenvalue weighted by Gasteiger charge is 2.39. The molecule has 0 aliphatic heterocycles. The number of fused-ring (bicyclic) bond motifs is 6. The van der Waals surface area contributed by atoms with E-state index in [1.165, 1.54) is 125 Å². The molecule has 0 fully saturated rings. The molecule has 62 heavy (non-hydrogen) atoms. The summed E-state index contributed by atoms with van der Waals surface area (Å²) in [6.07, 6.45) is 0. The molecule has 0 saturated heterocycles. The zero-order chi connectivity index (χ0) is 42.0. The van der Waals surface area contributed by atoms with Crippen LogP contribution in [-0.2, 0) is 5.41 Å². The van der Waals surface area contributed by atoms with Gasteiger partial charge in [-0.2, -0.15) is 0 Å². The number of thiophene rings is 1. The van der Waals surface area contributed by atoms with E-state index < -0.39 is 0 Å². The zero-order valence-electron chi connectivity index (χ0n) is 36.0. The van der Waals surface area contributed by atoms with Crippen molar-refractivity contribution in [2.45, 2.75) is 47.0 Å². The maximum absolute atomic E-state index is 2.55. The Hall–Kier alpha value is -6.94. The molecule has 1 aromatic heterocycles. The number of benzene rings is 10. The summed E-state index contributed by atoms with van der Waals surface area (Å²) in [5.74, 6) is 0. The molecule has 0 bridgehead atoms. The highest BCUT2D eigenvalue weighted by atomic mass is 32.1. The Balaban J connectivity index is 1.14. The average Bonchev–Trinajstić information content (AvgIpc) is 3.79. The fourth-order valence-corrected chi connectivity index (χ4v) is 11.8. The lowest BCUT2D eigenvalue weighted by Crippen LogP contribution is -2.21. The fraction of sp³-hybridized carbons (Fsp3) is 0.119. The molecule has 0 radical (unpaired) electrons. The topological polar surface area (TPSA) is 6.48 Å². The van der Waals surface area contributed by atoms with Crippen LogP contribution in [0, 0.1) is 27.7 Å². The van der Waals surface area contributed by atoms with E-state index in [-0.39, 0.29) is 5.41 Å². The molecule has 12 rings (SSSR count). The summed E-state index contributed by atoms with van der Waals surface area (Å²) in [7, 11) is 0. The third-order valence-corrected chi connectivity index (χ3v) is 15.2. The third kappa shape index (κ3) is 5.28. The summed E-state index contributed by atoms with van der Waals surface area (Å²) < 4.78 is 2.60. The van der Waals surface area contributed by atoms with Gasteiger partial charge in [-0.25, -0.2) is 0 Å². The van der Waals surface area contributed by atoms with Gasteiger partial charge in [0.2, 0.25) is 0 Å². The Kier molecular flexibility index (Phi) is 8.05. The second-order valence-corrected chi connectivity index (χ2v) is 19.0. The number of aryl methyl sites for hydroxylation is 4. The van der Waals surface area contributed by atoms with Crippen molar-refractivity contribution in [3.63, 3.8) is 0 Å². The molecule has 0 saturated carbocycles. The van der Waals surface area contributed by atoms with E-state index in [0.29, 0.717) is 0 Å². The van der Waals surface area contributed by atoms with Crippen molar-refractivity contribution >= 4 is 98.0 Å². The van der Waals surface area contributed by atoms with Crippen molar-refractivity contribution in [2.24, 2.45) is 0 Å². The molecule has 3 heteroatoms. The van der Waals surface area contributed by atoms with Crippen LogP contribution in [0.15, 0.2) is 170 Å². The average molecular weight is 815 g/mol. The van der Waals surface area contributed by atoms with Crippen molar-refractivity contribution in [1.29, 1.82) is 0 Å². The normalized spacial score (nSPS) is 13.1. The van der Waals surface area contributed by atoms with E-state index >= 15 is 0 Å². The standard InChI is InChI=1S/C59H46N2S/c1-35-21-27-41(33-37(35)3)60(52-18-11-15-45-43-13-7-9-17-49(43)59(5,6)57(45)52)50-31-25-39-24-30-48-51(32-26-40-23-29-47(50)55(39)56(40)48)61(42-28-22-36(2)38(4)34-42)53-19-12-16-46-44-14-8-10-20-54(44)62-58(46)53/h7-34H,1-6H3. The molecule has 1 aliphatic carbocycles. The first-order valence-electron chi connectivity index (χ1n) is 21.8. The first kappa shape index (κ1) is 36.9. The number of anilines is 6. The number of hydrogen-bond acceptors (Lipinski definition) is 3. The summed E-state index contributed by atoms with van der Waals surface area (Å²) in [5, 5.41) is 10.2. The summed E-state index contributed by atoms with van der Waals surface area (Å²) in [4.78, 5) is 5.07. The van der Waals surface area contributed by atoms with Crippen LogP contribution >= 0.6 is 11.3 Å². The first-order chi connectivity index (χ1) is 30.2. The zero-order valence-corrected chi connectivity index (χ0v) is 36.8. The maximum Gasteiger partial charge on any atom is 0.0640 e. The highest BCUT2D eigenvalue weighted by molar-refractivity contribution is 7.26. The van der Waals surface area contributed by atoms with Crippen LogP contribution in [0.5, 0.6) is 0 Å². The minimum absolute atomic E-state index is 0.186. The quantitative estimate of drug-likeness (QED) is 0.154. The van der Waals surface area contributed by atoms with E-state index in [0.717, 1.165) is 5.69 Å². The predicted octanol–water partition coefficient (Wildman–Crippen LogP) is 17.4. The van der Waals surface area contributed by atoms with E-state index in [9.17, 15) is 0 Å². The van der Waals surface area contributed by atoms with Gasteiger partial charge in [-0.3, -0.25) is 0 Å². The van der Waals surface area contributed by atoms with E-state index in [2.05, 4.69) is 221 Å². The number of nitrogens with zero attached hydrogens (tertiary/aromatic N) is 2. The van der Waals surface area contributed by atoms with Crippen LogP contribution < -0.4 is 9.80 Å². The van der Waals surface area contributed by atoms with Gasteiger partial charge in [-0.1, -0.05) is 129 Å². The molecule has 1 heterocycles. The van der Waals surface area contributed by atoms with Crippen LogP contribution in [0.3, 0.4) is 0 Å². The molecule has 0 unspecified atom stereocenters. The van der Waals surface area contributed by atoms with E-state index in [4.69, 9.17) is 0 Å². The van der Waals surface area contributed by atoms with E-state index in [1.54, 1.807) is 0 Å². The van der Waals surface area contributed by atoms with Gasteiger partial charge in [0, 0.05) is 43.0 Å². The molecular weight excluding hydrogens is 769 g/mol. The summed E-state index contributed by atoms with van der Waals surface area (Å²) >= 11 is 1.89. The van der Waals surface area contributed by atoms with Crippen LogP contribution in [0.4, 0.5) is 34.1 Å². The Bertz CT molecular complexity index is 3630. The van der Waals surface area contributed by atoms with Crippen molar-refractivity contribution in [3.05, 3.63) is 203 Å². The van der Waals surface area contributed by atoms with Gasteiger partial charge < -0.3 is 9.80 Å². The molecular formula is C59H46N2S. The molecule has 0 amide bonds. The molecule has 0 N–H and O–H groups in total. The smallest absolute Gasteiger partial charge is 0.0640 e. The molecule has 2 nitrogen and oxygen atoms in total. The Morgan fingerprint density at radius 3 is 1.60 bits per heavy atom. The number of hydrogen-bond donors (Lipinski definition) is 0. The Labute approximate surface area is 367 Å². The second-order valence-electron chi connectivity index (χ2n) is 17.9. The van der Waals surface area contributed by atoms with Crippen molar-refractivity contribution in [2.75, 3.05) is 9.80 Å². The molecule has 0 spiro atoms. The fourth-order valence-electron chi connectivity index (χ4n) is 10.6. The first-order valence-corrected chi connectivity index (χ1v) is 22.6. The molecule has 1 aliphatic rings. The van der Waals surface area contributed by atoms with Crippen LogP contribution in [0.25, 0.3) is 63.6 Å². The second kappa shape index (κ2) is 13.5. The Morgan fingerprint density at radius 1 is 0.403 bits per heavy atom. The van der Waals surface area contributed by atoms with Crippen LogP contribution in [0.1, 0.15) is 47.2 Å². The minimum atomic E-state index is -0.186. The molecule has 11 aromatic rings. The van der Waals surface area contributed by atoms with Gasteiger partial charge in [0.1, 0.15) is 0 Å². The minimum Gasteiger partial charge on any atom is -0.310 e. The lowest BCUT2D eigenvalue weighted by molar-refractivity contribution is 0.661. The van der Waals surface area contributed by atoms with Crippen molar-refractivity contribution in [3.8, 4) is 11.1 Å². The number of rotatable bonds is 6. The van der Waals surface area contributed by atoms with Crippen LogP contribution in [0.2, 0.25) is 0 Å². The summed E-state index contributed by atoms with van der Waals surface area (Å²) in [6, 6.07) is 64.2. The van der Waals surface area contributed by atoms with Gasteiger partial charge in [0.05, 0.1) is 27.4 Å². The summed E-state index contributed by atoms with van der Waals surface area (Å²) in [5.41, 5.74) is 17.5. The SMILES string of the molecule is Cc1ccc(N(c2cccc3c2C(C)(C)c2ccccc2-3)c2ccc3ccc4c(N(c5ccc(C)c(C)c5)c5cccc6c5sc5ccccc56)ccc5ccc2c3c54)cc1C. The molecule has 10 aromatic carbocycles. The molecule has 0 atom stereocenters. The lowest BCUT2D eigenvalue weighted by Gasteiger charge is -2.33. The van der Waals surface area contributed by atoms with E-state index in [1.807, 2.05) is 11.3 Å². The lowest BCUT2D eigenvalue weighted by atomic mass is 9.81. The van der Waals surface area contributed by atoms with Gasteiger partial charge in [-0.15, -0.1) is 11.3 Å². The van der Waals surface area contributed by atoms with Crippen LogP contribution in [-0.4, -0.2) is 0 Å². The maximum atomic E-state index is 2.55. The van der Waals surface area contributed by atoms with Crippen molar-refractivity contribution in [1.82, 2.24) is 0 Å². The third-order valence-electron chi connectivity index (χ3n) is 14.0. The highest BCUT2D eigenvalue weighted by Crippen LogP contribution is 2.56. The van der Waals surface area contributed by atoms with Gasteiger partial charge >= 0.3 is 0 Å².